The minimum Gasteiger partial charge on any atom is -0.354 e. The van der Waals surface area contributed by atoms with Crippen molar-refractivity contribution in [3.8, 4) is 0 Å². The molecular formula is C21H27N5O2. The summed E-state index contributed by atoms with van der Waals surface area (Å²) in [6.07, 6.45) is 9.69. The summed E-state index contributed by atoms with van der Waals surface area (Å²) in [7, 11) is 0. The number of hydrogen-bond donors (Lipinski definition) is 1. The summed E-state index contributed by atoms with van der Waals surface area (Å²) in [5.41, 5.74) is 1.85. The van der Waals surface area contributed by atoms with Crippen LogP contribution < -0.4 is 5.32 Å². The van der Waals surface area contributed by atoms with Crippen LogP contribution in [0.15, 0.2) is 30.5 Å². The van der Waals surface area contributed by atoms with Gasteiger partial charge < -0.3 is 10.2 Å². The largest absolute Gasteiger partial charge is 0.354 e. The molecule has 0 radical (unpaired) electrons. The number of aromatic nitrogens is 3. The topological polar surface area (TPSA) is 80.1 Å². The minimum atomic E-state index is 0.0917. The van der Waals surface area contributed by atoms with E-state index in [-0.39, 0.29) is 17.7 Å². The molecule has 1 aliphatic heterocycles. The zero-order valence-corrected chi connectivity index (χ0v) is 16.3. The Hall–Kier alpha value is -2.70. The molecule has 1 N–H and O–H groups in total. The van der Waals surface area contributed by atoms with Gasteiger partial charge in [-0.25, -0.2) is 9.67 Å². The molecule has 7 nitrogen and oxygen atoms in total. The number of allylic oxidation sites excluding steroid dienone is 2. The fourth-order valence-corrected chi connectivity index (χ4v) is 4.24. The third-order valence-electron chi connectivity index (χ3n) is 5.76. The van der Waals surface area contributed by atoms with Crippen LogP contribution >= 0.6 is 0 Å². The highest BCUT2D eigenvalue weighted by atomic mass is 16.2. The molecule has 0 aromatic carbocycles. The maximum absolute atomic E-state index is 12.1. The maximum atomic E-state index is 12.1. The Bertz CT molecular complexity index is 903. The molecular weight excluding hydrogens is 354 g/mol. The highest BCUT2D eigenvalue weighted by molar-refractivity contribution is 5.79. The second kappa shape index (κ2) is 8.12. The van der Waals surface area contributed by atoms with E-state index < -0.39 is 0 Å². The zero-order chi connectivity index (χ0) is 19.5. The molecule has 2 atom stereocenters. The number of rotatable bonds is 6. The lowest BCUT2D eigenvalue weighted by Crippen LogP contribution is -2.28. The van der Waals surface area contributed by atoms with Gasteiger partial charge in [-0.1, -0.05) is 12.2 Å². The van der Waals surface area contributed by atoms with Crippen LogP contribution in [0.2, 0.25) is 0 Å². The highest BCUT2D eigenvalue weighted by Gasteiger charge is 2.29. The molecule has 28 heavy (non-hydrogen) atoms. The van der Waals surface area contributed by atoms with E-state index in [1.165, 1.54) is 0 Å². The monoisotopic (exact) mass is 381 g/mol. The van der Waals surface area contributed by atoms with Crippen molar-refractivity contribution in [1.29, 1.82) is 0 Å². The third-order valence-corrected chi connectivity index (χ3v) is 5.76. The van der Waals surface area contributed by atoms with Gasteiger partial charge in [0.1, 0.15) is 0 Å². The van der Waals surface area contributed by atoms with E-state index in [0.717, 1.165) is 42.5 Å². The van der Waals surface area contributed by atoms with Crippen molar-refractivity contribution in [3.05, 3.63) is 36.2 Å². The Labute approximate surface area is 164 Å². The van der Waals surface area contributed by atoms with Gasteiger partial charge in [0.05, 0.1) is 12.2 Å². The van der Waals surface area contributed by atoms with Gasteiger partial charge in [0.25, 0.3) is 0 Å². The average Bonchev–Trinajstić information content (AvgIpc) is 3.41. The predicted octanol–water partition coefficient (Wildman–Crippen LogP) is 2.24. The molecule has 0 spiro atoms. The van der Waals surface area contributed by atoms with Crippen LogP contribution in [-0.4, -0.2) is 51.1 Å². The molecule has 2 amide bonds. The summed E-state index contributed by atoms with van der Waals surface area (Å²) in [5.74, 6) is 0.823. The normalized spacial score (nSPS) is 21.5. The first-order chi connectivity index (χ1) is 13.6. The molecule has 148 valence electrons. The average molecular weight is 381 g/mol. The van der Waals surface area contributed by atoms with Gasteiger partial charge in [0, 0.05) is 50.5 Å². The maximum Gasteiger partial charge on any atom is 0.220 e. The van der Waals surface area contributed by atoms with E-state index in [2.05, 4.69) is 22.5 Å². The second-order valence-electron chi connectivity index (χ2n) is 7.75. The third kappa shape index (κ3) is 3.93. The van der Waals surface area contributed by atoms with Gasteiger partial charge in [0.2, 0.25) is 11.8 Å². The van der Waals surface area contributed by atoms with E-state index >= 15 is 0 Å². The number of carbonyl (C=O) groups is 2. The molecule has 0 unspecified atom stereocenters. The predicted molar refractivity (Wildman–Crippen MR) is 107 cm³/mol. The van der Waals surface area contributed by atoms with Crippen molar-refractivity contribution < 1.29 is 9.59 Å². The second-order valence-corrected chi connectivity index (χ2v) is 7.75. The van der Waals surface area contributed by atoms with Crippen LogP contribution in [-0.2, 0) is 16.1 Å². The number of amides is 2. The Morgan fingerprint density at radius 2 is 2.21 bits per heavy atom. The molecule has 7 heteroatoms. The molecule has 1 aliphatic carbocycles. The summed E-state index contributed by atoms with van der Waals surface area (Å²) in [5, 5.41) is 8.87. The SMILES string of the molecule is CC(=O)N1CC[C@H](c2nn(CCNC(=O)C[C@H]3C=CCC3)c3ncccc23)C1. The highest BCUT2D eigenvalue weighted by Crippen LogP contribution is 2.31. The number of carbonyl (C=O) groups excluding carboxylic acids is 2. The Kier molecular flexibility index (Phi) is 5.41. The summed E-state index contributed by atoms with van der Waals surface area (Å²) in [4.78, 5) is 30.2. The number of fused-ring (bicyclic) bond motifs is 1. The van der Waals surface area contributed by atoms with Crippen molar-refractivity contribution in [3.63, 3.8) is 0 Å². The van der Waals surface area contributed by atoms with Crippen LogP contribution in [0, 0.1) is 5.92 Å². The zero-order valence-electron chi connectivity index (χ0n) is 16.3. The number of nitrogens with zero attached hydrogens (tertiary/aromatic N) is 4. The van der Waals surface area contributed by atoms with E-state index in [4.69, 9.17) is 5.10 Å². The van der Waals surface area contributed by atoms with Crippen LogP contribution in [0.3, 0.4) is 0 Å². The molecule has 4 rings (SSSR count). The van der Waals surface area contributed by atoms with Crippen molar-refractivity contribution >= 4 is 22.8 Å². The van der Waals surface area contributed by atoms with E-state index in [0.29, 0.717) is 32.0 Å². The fraction of sp³-hybridized carbons (Fsp3) is 0.524. The van der Waals surface area contributed by atoms with Gasteiger partial charge >= 0.3 is 0 Å². The van der Waals surface area contributed by atoms with Crippen LogP contribution in [0.5, 0.6) is 0 Å². The van der Waals surface area contributed by atoms with Crippen LogP contribution in [0.1, 0.15) is 44.2 Å². The molecule has 0 bridgehead atoms. The first kappa shape index (κ1) is 18.7. The molecule has 1 saturated heterocycles. The summed E-state index contributed by atoms with van der Waals surface area (Å²) < 4.78 is 1.89. The first-order valence-electron chi connectivity index (χ1n) is 10.1. The minimum absolute atomic E-state index is 0.0917. The van der Waals surface area contributed by atoms with Gasteiger partial charge in [-0.05, 0) is 37.3 Å². The molecule has 3 heterocycles. The lowest BCUT2D eigenvalue weighted by Gasteiger charge is -2.13. The Morgan fingerprint density at radius 1 is 1.32 bits per heavy atom. The van der Waals surface area contributed by atoms with Gasteiger partial charge in [0.15, 0.2) is 5.65 Å². The molecule has 2 aliphatic rings. The summed E-state index contributed by atoms with van der Waals surface area (Å²) in [6, 6.07) is 3.97. The quantitative estimate of drug-likeness (QED) is 0.778. The smallest absolute Gasteiger partial charge is 0.220 e. The molecule has 2 aromatic rings. The number of likely N-dealkylation sites (tertiary alicyclic amines) is 1. The number of nitrogens with one attached hydrogen (secondary N) is 1. The molecule has 0 saturated carbocycles. The van der Waals surface area contributed by atoms with E-state index in [1.807, 2.05) is 21.7 Å². The lowest BCUT2D eigenvalue weighted by atomic mass is 10.0. The standard InChI is InChI=1S/C21H27N5O2/c1-15(27)25-11-8-17(14-25)20-18-7-4-9-23-21(18)26(24-20)12-10-22-19(28)13-16-5-2-3-6-16/h2,4-5,7,9,16-17H,3,6,8,10-14H2,1H3,(H,22,28)/t16-,17-/m0/s1. The Morgan fingerprint density at radius 3 is 2.96 bits per heavy atom. The van der Waals surface area contributed by atoms with Gasteiger partial charge in [-0.3, -0.25) is 9.59 Å². The summed E-state index contributed by atoms with van der Waals surface area (Å²) in [6.45, 7) is 4.22. The first-order valence-corrected chi connectivity index (χ1v) is 10.1. The molecule has 1 fully saturated rings. The van der Waals surface area contributed by atoms with Crippen LogP contribution in [0.25, 0.3) is 11.0 Å². The fourth-order valence-electron chi connectivity index (χ4n) is 4.24. The van der Waals surface area contributed by atoms with Crippen molar-refractivity contribution in [1.82, 2.24) is 25.0 Å². The van der Waals surface area contributed by atoms with Gasteiger partial charge in [-0.15, -0.1) is 0 Å². The van der Waals surface area contributed by atoms with Crippen LogP contribution in [0.4, 0.5) is 0 Å². The van der Waals surface area contributed by atoms with E-state index in [9.17, 15) is 9.59 Å². The Balaban J connectivity index is 1.42. The van der Waals surface area contributed by atoms with Gasteiger partial charge in [-0.2, -0.15) is 5.10 Å². The number of pyridine rings is 1. The summed E-state index contributed by atoms with van der Waals surface area (Å²) >= 11 is 0. The number of hydrogen-bond acceptors (Lipinski definition) is 4. The van der Waals surface area contributed by atoms with Crippen molar-refractivity contribution in [2.24, 2.45) is 5.92 Å². The van der Waals surface area contributed by atoms with Crippen molar-refractivity contribution in [2.75, 3.05) is 19.6 Å². The molecule has 2 aromatic heterocycles. The lowest BCUT2D eigenvalue weighted by molar-refractivity contribution is -0.127. The van der Waals surface area contributed by atoms with Crippen molar-refractivity contribution in [2.45, 2.75) is 45.1 Å². The van der Waals surface area contributed by atoms with E-state index in [1.54, 1.807) is 13.1 Å².